The summed E-state index contributed by atoms with van der Waals surface area (Å²) in [6, 6.07) is 13.2. The molecule has 0 saturated carbocycles. The molecule has 4 heteroatoms. The average Bonchev–Trinajstić information content (AvgIpc) is 2.49. The maximum absolute atomic E-state index is 11.4. The summed E-state index contributed by atoms with van der Waals surface area (Å²) in [5, 5.41) is 0.637. The minimum Gasteiger partial charge on any atom is -0.489 e. The van der Waals surface area contributed by atoms with Crippen LogP contribution >= 0.6 is 11.6 Å². The average molecular weight is 305 g/mol. The van der Waals surface area contributed by atoms with Gasteiger partial charge in [-0.3, -0.25) is 4.79 Å². The molecule has 21 heavy (non-hydrogen) atoms. The summed E-state index contributed by atoms with van der Waals surface area (Å²) >= 11 is 5.98. The van der Waals surface area contributed by atoms with Crippen molar-refractivity contribution in [2.24, 2.45) is 0 Å². The molecule has 0 aromatic heterocycles. The molecule has 2 aromatic carbocycles. The lowest BCUT2D eigenvalue weighted by Gasteiger charge is -2.12. The monoisotopic (exact) mass is 304 g/mol. The van der Waals surface area contributed by atoms with Crippen LogP contribution < -0.4 is 4.74 Å². The van der Waals surface area contributed by atoms with E-state index in [1.165, 1.54) is 7.11 Å². The number of esters is 1. The number of aryl methyl sites for hydroxylation is 1. The van der Waals surface area contributed by atoms with E-state index in [9.17, 15) is 4.79 Å². The molecule has 3 nitrogen and oxygen atoms in total. The fraction of sp³-hybridized carbons (Fsp3) is 0.235. The fourth-order valence-corrected chi connectivity index (χ4v) is 2.15. The number of hydrogen-bond donors (Lipinski definition) is 0. The Kier molecular flexibility index (Phi) is 5.23. The van der Waals surface area contributed by atoms with E-state index < -0.39 is 0 Å². The first kappa shape index (κ1) is 15.4. The first-order valence-corrected chi connectivity index (χ1v) is 7.00. The third kappa shape index (κ3) is 4.23. The second kappa shape index (κ2) is 7.14. The fourth-order valence-electron chi connectivity index (χ4n) is 1.98. The Morgan fingerprint density at radius 2 is 1.86 bits per heavy atom. The number of carbonyl (C=O) groups is 1. The molecule has 0 heterocycles. The largest absolute Gasteiger partial charge is 0.489 e. The highest BCUT2D eigenvalue weighted by atomic mass is 35.5. The van der Waals surface area contributed by atoms with Crippen LogP contribution in [0.25, 0.3) is 0 Å². The first-order valence-electron chi connectivity index (χ1n) is 6.62. The van der Waals surface area contributed by atoms with Crippen molar-refractivity contribution < 1.29 is 14.3 Å². The van der Waals surface area contributed by atoms with Gasteiger partial charge >= 0.3 is 5.97 Å². The Morgan fingerprint density at radius 1 is 1.14 bits per heavy atom. The van der Waals surface area contributed by atoms with Crippen molar-refractivity contribution in [1.29, 1.82) is 0 Å². The molecule has 0 bridgehead atoms. The molecule has 0 aliphatic rings. The van der Waals surface area contributed by atoms with Gasteiger partial charge in [0.05, 0.1) is 13.5 Å². The summed E-state index contributed by atoms with van der Waals surface area (Å²) in [5.41, 5.74) is 2.89. The van der Waals surface area contributed by atoms with E-state index in [1.807, 2.05) is 43.3 Å². The van der Waals surface area contributed by atoms with Gasteiger partial charge in [0.1, 0.15) is 12.4 Å². The molecule has 0 N–H and O–H groups in total. The van der Waals surface area contributed by atoms with Crippen molar-refractivity contribution >= 4 is 17.6 Å². The number of ether oxygens (including phenoxy) is 2. The third-order valence-electron chi connectivity index (χ3n) is 3.21. The number of hydrogen-bond acceptors (Lipinski definition) is 3. The molecule has 2 rings (SSSR count). The highest BCUT2D eigenvalue weighted by Crippen LogP contribution is 2.24. The molecule has 0 atom stereocenters. The van der Waals surface area contributed by atoms with E-state index in [0.29, 0.717) is 11.6 Å². The van der Waals surface area contributed by atoms with Gasteiger partial charge in [-0.1, -0.05) is 41.9 Å². The summed E-state index contributed by atoms with van der Waals surface area (Å²) in [6.45, 7) is 2.35. The zero-order chi connectivity index (χ0) is 15.2. The molecule has 0 unspecified atom stereocenters. The summed E-state index contributed by atoms with van der Waals surface area (Å²) in [5.74, 6) is 0.483. The van der Waals surface area contributed by atoms with Crippen LogP contribution in [0.5, 0.6) is 5.75 Å². The van der Waals surface area contributed by atoms with Crippen LogP contribution in [-0.2, 0) is 22.6 Å². The van der Waals surface area contributed by atoms with E-state index in [2.05, 4.69) is 0 Å². The van der Waals surface area contributed by atoms with Crippen molar-refractivity contribution in [1.82, 2.24) is 0 Å². The van der Waals surface area contributed by atoms with E-state index in [-0.39, 0.29) is 12.4 Å². The third-order valence-corrected chi connectivity index (χ3v) is 3.45. The molecule has 0 saturated heterocycles. The number of halogens is 1. The van der Waals surface area contributed by atoms with Gasteiger partial charge in [0, 0.05) is 5.02 Å². The van der Waals surface area contributed by atoms with Crippen LogP contribution in [0, 0.1) is 6.92 Å². The van der Waals surface area contributed by atoms with Gasteiger partial charge in [0.15, 0.2) is 0 Å². The highest BCUT2D eigenvalue weighted by molar-refractivity contribution is 6.30. The van der Waals surface area contributed by atoms with Gasteiger partial charge in [-0.05, 0) is 35.7 Å². The van der Waals surface area contributed by atoms with Gasteiger partial charge < -0.3 is 9.47 Å². The minimum atomic E-state index is -0.263. The SMILES string of the molecule is COC(=O)Cc1ccccc1COc1cc(Cl)ccc1C. The quantitative estimate of drug-likeness (QED) is 0.785. The van der Waals surface area contributed by atoms with E-state index in [1.54, 1.807) is 6.07 Å². The molecule has 0 spiro atoms. The van der Waals surface area contributed by atoms with Gasteiger partial charge in [0.2, 0.25) is 0 Å². The lowest BCUT2D eigenvalue weighted by molar-refractivity contribution is -0.139. The van der Waals surface area contributed by atoms with Crippen molar-refractivity contribution in [3.8, 4) is 5.75 Å². The number of carbonyl (C=O) groups excluding carboxylic acids is 1. The smallest absolute Gasteiger partial charge is 0.309 e. The Bertz CT molecular complexity index is 638. The van der Waals surface area contributed by atoms with Gasteiger partial charge in [-0.2, -0.15) is 0 Å². The van der Waals surface area contributed by atoms with Crippen molar-refractivity contribution in [3.63, 3.8) is 0 Å². The maximum atomic E-state index is 11.4. The van der Waals surface area contributed by atoms with Gasteiger partial charge in [0.25, 0.3) is 0 Å². The van der Waals surface area contributed by atoms with Crippen LogP contribution in [0.1, 0.15) is 16.7 Å². The lowest BCUT2D eigenvalue weighted by Crippen LogP contribution is -2.08. The van der Waals surface area contributed by atoms with Crippen LogP contribution in [-0.4, -0.2) is 13.1 Å². The summed E-state index contributed by atoms with van der Waals surface area (Å²) in [4.78, 5) is 11.4. The zero-order valence-corrected chi connectivity index (χ0v) is 12.8. The van der Waals surface area contributed by atoms with Gasteiger partial charge in [-0.15, -0.1) is 0 Å². The molecule has 0 aliphatic carbocycles. The summed E-state index contributed by atoms with van der Waals surface area (Å²) < 4.78 is 10.5. The number of rotatable bonds is 5. The number of methoxy groups -OCH3 is 1. The molecule has 0 amide bonds. The summed E-state index contributed by atoms with van der Waals surface area (Å²) in [6.07, 6.45) is 0.241. The van der Waals surface area contributed by atoms with E-state index in [0.717, 1.165) is 22.4 Å². The zero-order valence-electron chi connectivity index (χ0n) is 12.1. The molecule has 0 aliphatic heterocycles. The first-order chi connectivity index (χ1) is 10.1. The topological polar surface area (TPSA) is 35.5 Å². The molecule has 0 fully saturated rings. The predicted molar refractivity (Wildman–Crippen MR) is 82.7 cm³/mol. The normalized spacial score (nSPS) is 10.2. The predicted octanol–water partition coefficient (Wildman–Crippen LogP) is 3.94. The van der Waals surface area contributed by atoms with Crippen molar-refractivity contribution in [2.75, 3.05) is 7.11 Å². The Balaban J connectivity index is 2.13. The molecular weight excluding hydrogens is 288 g/mol. The molecular formula is C17H17ClO3. The summed E-state index contributed by atoms with van der Waals surface area (Å²) in [7, 11) is 1.39. The maximum Gasteiger partial charge on any atom is 0.309 e. The van der Waals surface area contributed by atoms with Crippen LogP contribution in [0.2, 0.25) is 5.02 Å². The van der Waals surface area contributed by atoms with Crippen LogP contribution in [0.15, 0.2) is 42.5 Å². The van der Waals surface area contributed by atoms with Gasteiger partial charge in [-0.25, -0.2) is 0 Å². The molecule has 110 valence electrons. The number of benzene rings is 2. The Hall–Kier alpha value is -2.00. The Morgan fingerprint density at radius 3 is 2.57 bits per heavy atom. The standard InChI is InChI=1S/C17H17ClO3/c1-12-7-8-15(18)10-16(12)21-11-14-6-4-3-5-13(14)9-17(19)20-2/h3-8,10H,9,11H2,1-2H3. The van der Waals surface area contributed by atoms with Crippen molar-refractivity contribution in [3.05, 3.63) is 64.2 Å². The molecule has 2 aromatic rings. The lowest BCUT2D eigenvalue weighted by atomic mass is 10.1. The van der Waals surface area contributed by atoms with E-state index in [4.69, 9.17) is 21.1 Å². The molecule has 0 radical (unpaired) electrons. The Labute approximate surface area is 129 Å². The van der Waals surface area contributed by atoms with Crippen LogP contribution in [0.3, 0.4) is 0 Å². The van der Waals surface area contributed by atoms with Crippen molar-refractivity contribution in [2.45, 2.75) is 20.0 Å². The van der Waals surface area contributed by atoms with E-state index >= 15 is 0 Å². The second-order valence-corrected chi connectivity index (χ2v) is 5.16. The highest BCUT2D eigenvalue weighted by Gasteiger charge is 2.09. The second-order valence-electron chi connectivity index (χ2n) is 4.72. The van der Waals surface area contributed by atoms with Crippen LogP contribution in [0.4, 0.5) is 0 Å². The minimum absolute atomic E-state index is 0.241.